The Bertz CT molecular complexity index is 1100. The first-order chi connectivity index (χ1) is 16.1. The van der Waals surface area contributed by atoms with E-state index in [1.807, 2.05) is 23.7 Å². The summed E-state index contributed by atoms with van der Waals surface area (Å²) in [4.78, 5) is 25.1. The number of hydrazine groups is 1. The number of para-hydroxylation sites is 1. The van der Waals surface area contributed by atoms with Gasteiger partial charge in [-0.3, -0.25) is 20.4 Å². The minimum absolute atomic E-state index is 0.0441. The smallest absolute Gasteiger partial charge is 0.273 e. The zero-order chi connectivity index (χ0) is 23.0. The van der Waals surface area contributed by atoms with Gasteiger partial charge in [0.25, 0.3) is 11.8 Å². The second kappa shape index (κ2) is 11.0. The highest BCUT2D eigenvalue weighted by molar-refractivity contribution is 7.98. The van der Waals surface area contributed by atoms with Crippen molar-refractivity contribution in [2.45, 2.75) is 29.9 Å². The molecule has 3 aromatic rings. The number of hydrogen-bond donors (Lipinski definition) is 2. The molecule has 33 heavy (non-hydrogen) atoms. The first-order valence-electron chi connectivity index (χ1n) is 10.6. The number of nitrogens with zero attached hydrogens (tertiary/aromatic N) is 3. The highest BCUT2D eigenvalue weighted by Crippen LogP contribution is 2.21. The van der Waals surface area contributed by atoms with Crippen molar-refractivity contribution in [1.29, 1.82) is 0 Å². The second-order valence-corrected chi connectivity index (χ2v) is 8.50. The molecule has 0 radical (unpaired) electrons. The number of nitrogens with one attached hydrogen (secondary N) is 2. The Balaban J connectivity index is 1.28. The van der Waals surface area contributed by atoms with Crippen molar-refractivity contribution in [3.05, 3.63) is 71.5 Å². The molecule has 0 saturated carbocycles. The third-order valence-corrected chi connectivity index (χ3v) is 6.23. The van der Waals surface area contributed by atoms with E-state index in [-0.39, 0.29) is 6.10 Å². The van der Waals surface area contributed by atoms with Gasteiger partial charge in [0.2, 0.25) is 0 Å². The molecular formula is C23H25N5O4S. The molecule has 0 bridgehead atoms. The summed E-state index contributed by atoms with van der Waals surface area (Å²) in [5, 5.41) is 8.71. The van der Waals surface area contributed by atoms with Gasteiger partial charge in [-0.2, -0.15) is 0 Å². The van der Waals surface area contributed by atoms with E-state index in [9.17, 15) is 9.59 Å². The monoisotopic (exact) mass is 467 g/mol. The van der Waals surface area contributed by atoms with Gasteiger partial charge in [0.05, 0.1) is 11.7 Å². The number of carbonyl (C=O) groups is 2. The number of ether oxygens (including phenoxy) is 2. The Morgan fingerprint density at radius 3 is 2.67 bits per heavy atom. The number of aromatic nitrogens is 3. The lowest BCUT2D eigenvalue weighted by atomic mass is 10.1. The van der Waals surface area contributed by atoms with Crippen molar-refractivity contribution < 1.29 is 19.1 Å². The van der Waals surface area contributed by atoms with Crippen molar-refractivity contribution in [2.75, 3.05) is 13.2 Å². The van der Waals surface area contributed by atoms with Crippen molar-refractivity contribution in [1.82, 2.24) is 25.6 Å². The van der Waals surface area contributed by atoms with Crippen molar-refractivity contribution in [2.24, 2.45) is 7.05 Å². The van der Waals surface area contributed by atoms with Crippen molar-refractivity contribution in [3.63, 3.8) is 0 Å². The Morgan fingerprint density at radius 2 is 1.94 bits per heavy atom. The number of hydrogen-bond acceptors (Lipinski definition) is 7. The van der Waals surface area contributed by atoms with Crippen LogP contribution in [0.2, 0.25) is 0 Å². The Labute approximate surface area is 195 Å². The molecule has 1 aromatic heterocycles. The lowest BCUT2D eigenvalue weighted by Crippen LogP contribution is -2.41. The average Bonchev–Trinajstić information content (AvgIpc) is 3.52. The molecule has 2 amide bonds. The van der Waals surface area contributed by atoms with Crippen LogP contribution >= 0.6 is 11.8 Å². The second-order valence-electron chi connectivity index (χ2n) is 7.56. The quantitative estimate of drug-likeness (QED) is 0.387. The summed E-state index contributed by atoms with van der Waals surface area (Å²) in [6, 6.07) is 14.1. The van der Waals surface area contributed by atoms with E-state index in [0.717, 1.165) is 30.2 Å². The molecule has 1 unspecified atom stereocenters. The highest BCUT2D eigenvalue weighted by atomic mass is 32.2. The minimum Gasteiger partial charge on any atom is -0.490 e. The molecule has 1 aliphatic heterocycles. The predicted molar refractivity (Wildman–Crippen MR) is 123 cm³/mol. The van der Waals surface area contributed by atoms with Crippen molar-refractivity contribution >= 4 is 23.6 Å². The molecule has 2 N–H and O–H groups in total. The van der Waals surface area contributed by atoms with Gasteiger partial charge in [-0.15, -0.1) is 10.2 Å². The summed E-state index contributed by atoms with van der Waals surface area (Å²) in [6.45, 7) is 1.13. The molecule has 0 aliphatic carbocycles. The standard InChI is InChI=1S/C23H25N5O4S/c1-28-15-24-27-23(28)33-14-16-8-10-17(11-9-16)21(29)25-26-22(30)19-6-2-3-7-20(19)32-13-18-5-4-12-31-18/h2-3,6-11,15,18H,4-5,12-14H2,1H3,(H,25,29)(H,26,30). The predicted octanol–water partition coefficient (Wildman–Crippen LogP) is 2.74. The molecular weight excluding hydrogens is 442 g/mol. The van der Waals surface area contributed by atoms with Gasteiger partial charge in [-0.05, 0) is 42.7 Å². The highest BCUT2D eigenvalue weighted by Gasteiger charge is 2.18. The maximum Gasteiger partial charge on any atom is 0.273 e. The van der Waals surface area contributed by atoms with Gasteiger partial charge in [-0.1, -0.05) is 36.0 Å². The SMILES string of the molecule is Cn1cnnc1SCc1ccc(C(=O)NNC(=O)c2ccccc2OCC2CCCO2)cc1. The molecule has 0 spiro atoms. The van der Waals surface area contributed by atoms with E-state index in [1.54, 1.807) is 54.5 Å². The molecule has 2 heterocycles. The fourth-order valence-electron chi connectivity index (χ4n) is 3.30. The van der Waals surface area contributed by atoms with E-state index in [2.05, 4.69) is 21.0 Å². The maximum atomic E-state index is 12.6. The van der Waals surface area contributed by atoms with Gasteiger partial charge >= 0.3 is 0 Å². The normalized spacial score (nSPS) is 15.2. The number of rotatable bonds is 8. The van der Waals surface area contributed by atoms with Crippen LogP contribution < -0.4 is 15.6 Å². The fourth-order valence-corrected chi connectivity index (χ4v) is 4.14. The number of thioether (sulfide) groups is 1. The van der Waals surface area contributed by atoms with Gasteiger partial charge in [0.15, 0.2) is 5.16 Å². The van der Waals surface area contributed by atoms with E-state index in [4.69, 9.17) is 9.47 Å². The van der Waals surface area contributed by atoms with E-state index in [1.165, 1.54) is 0 Å². The largest absolute Gasteiger partial charge is 0.490 e. The Morgan fingerprint density at radius 1 is 1.15 bits per heavy atom. The molecule has 1 fully saturated rings. The van der Waals surface area contributed by atoms with Gasteiger partial charge < -0.3 is 14.0 Å². The van der Waals surface area contributed by atoms with Gasteiger partial charge in [-0.25, -0.2) is 0 Å². The number of benzene rings is 2. The first kappa shape index (κ1) is 22.8. The van der Waals surface area contributed by atoms with E-state index in [0.29, 0.717) is 29.2 Å². The van der Waals surface area contributed by atoms with Crippen LogP contribution in [-0.2, 0) is 17.5 Å². The molecule has 10 heteroatoms. The lowest BCUT2D eigenvalue weighted by molar-refractivity contribution is 0.0669. The molecule has 1 aliphatic rings. The van der Waals surface area contributed by atoms with Crippen LogP contribution in [0.4, 0.5) is 0 Å². The van der Waals surface area contributed by atoms with Crippen molar-refractivity contribution in [3.8, 4) is 5.75 Å². The van der Waals surface area contributed by atoms with E-state index >= 15 is 0 Å². The molecule has 2 aromatic carbocycles. The third kappa shape index (κ3) is 6.11. The summed E-state index contributed by atoms with van der Waals surface area (Å²) in [6.07, 6.45) is 3.66. The molecule has 9 nitrogen and oxygen atoms in total. The van der Waals surface area contributed by atoms with Crippen LogP contribution in [0.3, 0.4) is 0 Å². The summed E-state index contributed by atoms with van der Waals surface area (Å²) in [7, 11) is 1.89. The first-order valence-corrected chi connectivity index (χ1v) is 11.6. The molecule has 1 saturated heterocycles. The summed E-state index contributed by atoms with van der Waals surface area (Å²) < 4.78 is 13.2. The summed E-state index contributed by atoms with van der Waals surface area (Å²) >= 11 is 1.56. The average molecular weight is 468 g/mol. The molecule has 1 atom stereocenters. The van der Waals surface area contributed by atoms with Crippen LogP contribution in [0, 0.1) is 0 Å². The summed E-state index contributed by atoms with van der Waals surface area (Å²) in [5.41, 5.74) is 6.73. The minimum atomic E-state index is -0.456. The van der Waals surface area contributed by atoms with E-state index < -0.39 is 11.8 Å². The van der Waals surface area contributed by atoms with Gasteiger partial charge in [0.1, 0.15) is 18.7 Å². The fraction of sp³-hybridized carbons (Fsp3) is 0.304. The maximum absolute atomic E-state index is 12.6. The molecule has 172 valence electrons. The Hall–Kier alpha value is -3.37. The molecule has 4 rings (SSSR count). The van der Waals surface area contributed by atoms with Crippen LogP contribution in [-0.4, -0.2) is 45.9 Å². The van der Waals surface area contributed by atoms with Crippen LogP contribution in [0.5, 0.6) is 5.75 Å². The zero-order valence-electron chi connectivity index (χ0n) is 18.2. The Kier molecular flexibility index (Phi) is 7.59. The number of carbonyl (C=O) groups excluding carboxylic acids is 2. The third-order valence-electron chi connectivity index (χ3n) is 5.12. The zero-order valence-corrected chi connectivity index (χ0v) is 19.0. The van der Waals surface area contributed by atoms with Gasteiger partial charge in [0, 0.05) is 25.0 Å². The van der Waals surface area contributed by atoms with Crippen LogP contribution in [0.25, 0.3) is 0 Å². The number of aryl methyl sites for hydroxylation is 1. The summed E-state index contributed by atoms with van der Waals surface area (Å²) in [5.74, 6) is 0.287. The van der Waals surface area contributed by atoms with Crippen LogP contribution in [0.1, 0.15) is 39.1 Å². The topological polar surface area (TPSA) is 107 Å². The van der Waals surface area contributed by atoms with Crippen LogP contribution in [0.15, 0.2) is 60.0 Å². The number of amides is 2. The lowest BCUT2D eigenvalue weighted by Gasteiger charge is -2.15.